The van der Waals surface area contributed by atoms with Gasteiger partial charge < -0.3 is 10.4 Å². The predicted octanol–water partition coefficient (Wildman–Crippen LogP) is 3.64. The minimum Gasteiger partial charge on any atom is -0.481 e. The van der Waals surface area contributed by atoms with Crippen LogP contribution in [0.25, 0.3) is 5.65 Å². The maximum absolute atomic E-state index is 11.2. The molecule has 0 saturated carbocycles. The monoisotopic (exact) mass is 351 g/mol. The molecule has 0 saturated heterocycles. The molecule has 0 aliphatic heterocycles. The molecule has 0 unspecified atom stereocenters. The van der Waals surface area contributed by atoms with Crippen LogP contribution in [0.2, 0.25) is 0 Å². The lowest BCUT2D eigenvalue weighted by Crippen LogP contribution is -2.05. The Balaban J connectivity index is 2.00. The van der Waals surface area contributed by atoms with E-state index < -0.39 is 5.97 Å². The van der Waals surface area contributed by atoms with Crippen molar-refractivity contribution in [2.24, 2.45) is 10.2 Å². The van der Waals surface area contributed by atoms with Gasteiger partial charge in [-0.05, 0) is 42.8 Å². The van der Waals surface area contributed by atoms with Crippen molar-refractivity contribution in [3.63, 3.8) is 0 Å². The van der Waals surface area contributed by atoms with Crippen LogP contribution in [-0.4, -0.2) is 26.4 Å². The molecule has 3 rings (SSSR count). The van der Waals surface area contributed by atoms with Crippen molar-refractivity contribution in [3.05, 3.63) is 53.9 Å². The van der Waals surface area contributed by atoms with E-state index in [2.05, 4.69) is 20.5 Å². The highest BCUT2D eigenvalue weighted by Gasteiger charge is 2.15. The molecule has 1 aromatic carbocycles. The maximum Gasteiger partial charge on any atom is 0.309 e. The summed E-state index contributed by atoms with van der Waals surface area (Å²) in [6, 6.07) is 10.6. The van der Waals surface area contributed by atoms with E-state index in [1.165, 1.54) is 6.92 Å². The number of aliphatic carboxylic acids is 1. The molecule has 0 atom stereocenters. The first kappa shape index (κ1) is 17.3. The summed E-state index contributed by atoms with van der Waals surface area (Å²) < 4.78 is 1.70. The van der Waals surface area contributed by atoms with Crippen LogP contribution in [0.15, 0.2) is 52.8 Å². The van der Waals surface area contributed by atoms with E-state index in [9.17, 15) is 9.59 Å². The van der Waals surface area contributed by atoms with Gasteiger partial charge in [-0.15, -0.1) is 10.2 Å². The second kappa shape index (κ2) is 7.14. The van der Waals surface area contributed by atoms with E-state index in [0.717, 1.165) is 5.56 Å². The Hall–Kier alpha value is -3.55. The molecule has 0 fully saturated rings. The zero-order valence-electron chi connectivity index (χ0n) is 14.3. The van der Waals surface area contributed by atoms with E-state index in [4.69, 9.17) is 5.11 Å². The number of benzene rings is 1. The number of carboxylic acids is 1. The third kappa shape index (κ3) is 3.92. The van der Waals surface area contributed by atoms with Crippen LogP contribution in [0.1, 0.15) is 18.2 Å². The summed E-state index contributed by atoms with van der Waals surface area (Å²) in [6.07, 6.45) is 1.53. The van der Waals surface area contributed by atoms with Crippen molar-refractivity contribution >= 4 is 34.7 Å². The molecule has 8 heteroatoms. The quantitative estimate of drug-likeness (QED) is 0.684. The number of nitrogens with zero attached hydrogens (tertiary/aromatic N) is 4. The molecule has 1 amide bonds. The van der Waals surface area contributed by atoms with E-state index >= 15 is 0 Å². The van der Waals surface area contributed by atoms with Crippen molar-refractivity contribution in [1.82, 2.24) is 9.38 Å². The summed E-state index contributed by atoms with van der Waals surface area (Å²) in [6.45, 7) is 3.35. The molecule has 0 radical (unpaired) electrons. The summed E-state index contributed by atoms with van der Waals surface area (Å²) in [5.41, 5.74) is 3.09. The fraction of sp³-hybridized carbons (Fsp3) is 0.167. The van der Waals surface area contributed by atoms with Crippen molar-refractivity contribution in [3.8, 4) is 0 Å². The molecule has 0 aliphatic rings. The summed E-state index contributed by atoms with van der Waals surface area (Å²) in [5, 5.41) is 20.2. The maximum atomic E-state index is 11.2. The Morgan fingerprint density at radius 2 is 2.04 bits per heavy atom. The normalized spacial score (nSPS) is 11.2. The van der Waals surface area contributed by atoms with Gasteiger partial charge in [-0.3, -0.25) is 14.0 Å². The number of hydrogen-bond donors (Lipinski definition) is 2. The fourth-order valence-electron chi connectivity index (χ4n) is 2.50. The lowest BCUT2D eigenvalue weighted by Gasteiger charge is -2.02. The number of carbonyl (C=O) groups is 2. The molecule has 2 heterocycles. The largest absolute Gasteiger partial charge is 0.481 e. The number of fused-ring (bicyclic) bond motifs is 1. The number of hydrogen-bond acceptors (Lipinski definition) is 5. The third-order valence-corrected chi connectivity index (χ3v) is 3.57. The average molecular weight is 351 g/mol. The van der Waals surface area contributed by atoms with Gasteiger partial charge in [-0.25, -0.2) is 4.98 Å². The van der Waals surface area contributed by atoms with E-state index in [1.54, 1.807) is 34.9 Å². The van der Waals surface area contributed by atoms with Crippen LogP contribution >= 0.6 is 0 Å². The molecule has 0 spiro atoms. The number of rotatable bonds is 5. The summed E-state index contributed by atoms with van der Waals surface area (Å²) >= 11 is 0. The smallest absolute Gasteiger partial charge is 0.309 e. The lowest BCUT2D eigenvalue weighted by atomic mass is 10.3. The molecular weight excluding hydrogens is 334 g/mol. The molecule has 2 aromatic heterocycles. The van der Waals surface area contributed by atoms with Crippen LogP contribution in [0.3, 0.4) is 0 Å². The second-order valence-corrected chi connectivity index (χ2v) is 5.82. The Morgan fingerprint density at radius 1 is 1.23 bits per heavy atom. The molecule has 3 aromatic rings. The molecule has 2 N–H and O–H groups in total. The van der Waals surface area contributed by atoms with Gasteiger partial charge in [-0.1, -0.05) is 6.07 Å². The minimum atomic E-state index is -0.991. The number of nitrogens with one attached hydrogen (secondary N) is 1. The number of imidazole rings is 1. The van der Waals surface area contributed by atoms with Gasteiger partial charge in [-0.2, -0.15) is 0 Å². The van der Waals surface area contributed by atoms with Crippen molar-refractivity contribution in [2.75, 3.05) is 5.32 Å². The number of carboxylic acid groups (broad SMARTS) is 1. The molecule has 0 bridgehead atoms. The Kier molecular flexibility index (Phi) is 4.74. The number of amides is 1. The number of pyridine rings is 1. The van der Waals surface area contributed by atoms with Crippen molar-refractivity contribution < 1.29 is 14.7 Å². The summed E-state index contributed by atoms with van der Waals surface area (Å²) in [7, 11) is 0. The second-order valence-electron chi connectivity index (χ2n) is 5.82. The van der Waals surface area contributed by atoms with E-state index in [-0.39, 0.29) is 12.3 Å². The summed E-state index contributed by atoms with van der Waals surface area (Å²) in [4.78, 5) is 26.6. The van der Waals surface area contributed by atoms with Crippen LogP contribution in [-0.2, 0) is 16.0 Å². The highest BCUT2D eigenvalue weighted by Crippen LogP contribution is 2.26. The fourth-order valence-corrected chi connectivity index (χ4v) is 2.50. The zero-order valence-corrected chi connectivity index (χ0v) is 14.3. The molecule has 8 nitrogen and oxygen atoms in total. The van der Waals surface area contributed by atoms with Gasteiger partial charge in [0.05, 0.1) is 17.8 Å². The predicted molar refractivity (Wildman–Crippen MR) is 96.2 cm³/mol. The molecule has 0 aliphatic carbocycles. The standard InChI is InChI=1S/C18H17N5O3/c1-11-6-7-23-16(8-11)20-15(10-17(25)26)18(23)22-21-14-5-3-4-13(9-14)19-12(2)24/h3-9H,10H2,1-2H3,(H,19,24)(H,25,26). The first-order valence-electron chi connectivity index (χ1n) is 7.91. The van der Waals surface area contributed by atoms with Gasteiger partial charge in [0.15, 0.2) is 5.82 Å². The SMILES string of the molecule is CC(=O)Nc1cccc(N=Nc2c(CC(=O)O)nc3cc(C)ccn23)c1. The van der Waals surface area contributed by atoms with Crippen molar-refractivity contribution in [1.29, 1.82) is 0 Å². The van der Waals surface area contributed by atoms with E-state index in [0.29, 0.717) is 28.5 Å². The molecule has 26 heavy (non-hydrogen) atoms. The van der Waals surface area contributed by atoms with Crippen LogP contribution in [0, 0.1) is 6.92 Å². The van der Waals surface area contributed by atoms with Crippen LogP contribution in [0.4, 0.5) is 17.2 Å². The average Bonchev–Trinajstić information content (AvgIpc) is 2.88. The van der Waals surface area contributed by atoms with Gasteiger partial charge in [0.1, 0.15) is 5.65 Å². The topological polar surface area (TPSA) is 108 Å². The summed E-state index contributed by atoms with van der Waals surface area (Å²) in [5.74, 6) is -0.804. The molecular formula is C18H17N5O3. The van der Waals surface area contributed by atoms with Gasteiger partial charge >= 0.3 is 5.97 Å². The Bertz CT molecular complexity index is 1020. The first-order valence-corrected chi connectivity index (χ1v) is 7.91. The van der Waals surface area contributed by atoms with Gasteiger partial charge in [0.25, 0.3) is 0 Å². The van der Waals surface area contributed by atoms with Gasteiger partial charge in [0.2, 0.25) is 5.91 Å². The van der Waals surface area contributed by atoms with Crippen LogP contribution < -0.4 is 5.32 Å². The number of aryl methyl sites for hydroxylation is 1. The Morgan fingerprint density at radius 3 is 2.77 bits per heavy atom. The highest BCUT2D eigenvalue weighted by atomic mass is 16.4. The first-order chi connectivity index (χ1) is 12.4. The van der Waals surface area contributed by atoms with E-state index in [1.807, 2.05) is 19.1 Å². The Labute approximate surface area is 149 Å². The van der Waals surface area contributed by atoms with Gasteiger partial charge in [0, 0.05) is 18.8 Å². The van der Waals surface area contributed by atoms with Crippen molar-refractivity contribution in [2.45, 2.75) is 20.3 Å². The van der Waals surface area contributed by atoms with Crippen LogP contribution in [0.5, 0.6) is 0 Å². The third-order valence-electron chi connectivity index (χ3n) is 3.57. The number of anilines is 1. The highest BCUT2D eigenvalue weighted by molar-refractivity contribution is 5.89. The zero-order chi connectivity index (χ0) is 18.7. The number of azo groups is 1. The minimum absolute atomic E-state index is 0.181. The lowest BCUT2D eigenvalue weighted by molar-refractivity contribution is -0.136. The molecule has 132 valence electrons. The number of aromatic nitrogens is 2. The number of carbonyl (C=O) groups excluding carboxylic acids is 1.